The number of ketones is 3. The zero-order valence-electron chi connectivity index (χ0n) is 20.8. The fraction of sp³-hybridized carbons (Fsp3) is 0.483. The SMILES string of the molecule is O=C(CCCN1CCOCC1)c1ccc2c(c1)C(=O)c1cc(C(=O)CCCN3CCOCC3)ccc1-2. The van der Waals surface area contributed by atoms with Crippen molar-refractivity contribution >= 4 is 17.3 Å². The van der Waals surface area contributed by atoms with Gasteiger partial charge in [-0.2, -0.15) is 0 Å². The number of carbonyl (C=O) groups excluding carboxylic acids is 3. The van der Waals surface area contributed by atoms with E-state index >= 15 is 0 Å². The van der Waals surface area contributed by atoms with Crippen LogP contribution in [0.3, 0.4) is 0 Å². The Morgan fingerprint density at radius 3 is 1.47 bits per heavy atom. The Kier molecular flexibility index (Phi) is 8.02. The number of fused-ring (bicyclic) bond motifs is 3. The van der Waals surface area contributed by atoms with E-state index < -0.39 is 0 Å². The van der Waals surface area contributed by atoms with Gasteiger partial charge in [0.05, 0.1) is 26.4 Å². The van der Waals surface area contributed by atoms with Crippen molar-refractivity contribution in [1.82, 2.24) is 9.80 Å². The Balaban J connectivity index is 1.19. The van der Waals surface area contributed by atoms with Crippen LogP contribution in [-0.4, -0.2) is 92.8 Å². The van der Waals surface area contributed by atoms with Crippen LogP contribution in [-0.2, 0) is 9.47 Å². The minimum absolute atomic E-state index is 0.0611. The zero-order valence-corrected chi connectivity index (χ0v) is 20.8. The van der Waals surface area contributed by atoms with Gasteiger partial charge in [0.15, 0.2) is 17.3 Å². The van der Waals surface area contributed by atoms with Crippen LogP contribution in [0.1, 0.15) is 62.3 Å². The lowest BCUT2D eigenvalue weighted by molar-refractivity contribution is 0.0370. The van der Waals surface area contributed by atoms with Gasteiger partial charge in [-0.3, -0.25) is 24.2 Å². The molecule has 2 heterocycles. The molecule has 7 nitrogen and oxygen atoms in total. The summed E-state index contributed by atoms with van der Waals surface area (Å²) in [7, 11) is 0. The van der Waals surface area contributed by atoms with Crippen LogP contribution >= 0.6 is 0 Å². The van der Waals surface area contributed by atoms with Crippen molar-refractivity contribution in [2.75, 3.05) is 65.7 Å². The van der Waals surface area contributed by atoms with Gasteiger partial charge in [-0.1, -0.05) is 24.3 Å². The van der Waals surface area contributed by atoms with Crippen molar-refractivity contribution in [2.24, 2.45) is 0 Å². The molecule has 2 aliphatic heterocycles. The first-order valence-electron chi connectivity index (χ1n) is 13.1. The average molecular weight is 491 g/mol. The van der Waals surface area contributed by atoms with E-state index in [1.807, 2.05) is 24.3 Å². The average Bonchev–Trinajstić information content (AvgIpc) is 3.20. The first-order chi connectivity index (χ1) is 17.6. The van der Waals surface area contributed by atoms with Crippen molar-refractivity contribution in [3.05, 3.63) is 58.7 Å². The zero-order chi connectivity index (χ0) is 24.9. The Morgan fingerprint density at radius 1 is 0.639 bits per heavy atom. The summed E-state index contributed by atoms with van der Waals surface area (Å²) in [5.74, 6) is 0.0165. The van der Waals surface area contributed by atoms with E-state index in [2.05, 4.69) is 9.80 Å². The van der Waals surface area contributed by atoms with Gasteiger partial charge >= 0.3 is 0 Å². The van der Waals surface area contributed by atoms with Gasteiger partial charge in [-0.25, -0.2) is 0 Å². The van der Waals surface area contributed by atoms with Gasteiger partial charge in [0, 0.05) is 61.3 Å². The maximum absolute atomic E-state index is 13.2. The molecule has 1 aliphatic carbocycles. The lowest BCUT2D eigenvalue weighted by Gasteiger charge is -2.26. The molecule has 5 rings (SSSR count). The molecule has 0 amide bonds. The molecular weight excluding hydrogens is 456 g/mol. The molecule has 0 radical (unpaired) electrons. The van der Waals surface area contributed by atoms with Gasteiger partial charge in [0.1, 0.15) is 0 Å². The molecule has 190 valence electrons. The first-order valence-corrected chi connectivity index (χ1v) is 13.1. The molecule has 0 spiro atoms. The third-order valence-electron chi connectivity index (χ3n) is 7.43. The molecule has 0 saturated carbocycles. The summed E-state index contributed by atoms with van der Waals surface area (Å²) in [5.41, 5.74) is 3.95. The number of ether oxygens (including phenoxy) is 2. The molecule has 0 unspecified atom stereocenters. The maximum atomic E-state index is 13.2. The predicted octanol–water partition coefficient (Wildman–Crippen LogP) is 3.49. The summed E-state index contributed by atoms with van der Waals surface area (Å²) in [5, 5.41) is 0. The standard InChI is InChI=1S/C29H34N2O5/c32-27(3-1-9-30-11-15-35-16-12-30)21-5-7-23-24-8-6-22(20-26(24)29(34)25(23)19-21)28(33)4-2-10-31-13-17-36-18-14-31/h5-8,19-20H,1-4,9-18H2. The number of hydrogen-bond acceptors (Lipinski definition) is 7. The largest absolute Gasteiger partial charge is 0.379 e. The summed E-state index contributed by atoms with van der Waals surface area (Å²) in [6.45, 7) is 8.44. The lowest BCUT2D eigenvalue weighted by Crippen LogP contribution is -2.36. The Labute approximate surface area is 212 Å². The molecule has 3 aliphatic rings. The minimum Gasteiger partial charge on any atom is -0.379 e. The molecule has 0 N–H and O–H groups in total. The molecule has 0 bridgehead atoms. The maximum Gasteiger partial charge on any atom is 0.194 e. The highest BCUT2D eigenvalue weighted by atomic mass is 16.5. The number of Topliss-reactive ketones (excluding diaryl/α,β-unsaturated/α-hetero) is 2. The van der Waals surface area contributed by atoms with Crippen LogP contribution in [0.5, 0.6) is 0 Å². The highest BCUT2D eigenvalue weighted by Gasteiger charge is 2.28. The van der Waals surface area contributed by atoms with Gasteiger partial charge < -0.3 is 9.47 Å². The van der Waals surface area contributed by atoms with E-state index in [-0.39, 0.29) is 17.3 Å². The van der Waals surface area contributed by atoms with Crippen LogP contribution < -0.4 is 0 Å². The van der Waals surface area contributed by atoms with Crippen molar-refractivity contribution in [3.63, 3.8) is 0 Å². The van der Waals surface area contributed by atoms with Crippen LogP contribution in [0.4, 0.5) is 0 Å². The van der Waals surface area contributed by atoms with Gasteiger partial charge in [-0.15, -0.1) is 0 Å². The Bertz CT molecular complexity index is 1040. The third-order valence-corrected chi connectivity index (χ3v) is 7.43. The van der Waals surface area contributed by atoms with Crippen molar-refractivity contribution in [3.8, 4) is 11.1 Å². The number of hydrogen-bond donors (Lipinski definition) is 0. The number of morpholine rings is 2. The van der Waals surface area contributed by atoms with Crippen LogP contribution in [0.15, 0.2) is 36.4 Å². The molecule has 36 heavy (non-hydrogen) atoms. The van der Waals surface area contributed by atoms with E-state index in [0.29, 0.717) is 35.1 Å². The fourth-order valence-corrected chi connectivity index (χ4v) is 5.29. The monoisotopic (exact) mass is 490 g/mol. The van der Waals surface area contributed by atoms with Gasteiger partial charge in [-0.05, 0) is 49.2 Å². The topological polar surface area (TPSA) is 76.2 Å². The molecule has 2 fully saturated rings. The molecule has 2 aromatic rings. The normalized spacial score (nSPS) is 18.2. The number of carbonyl (C=O) groups is 3. The quantitative estimate of drug-likeness (QED) is 0.403. The molecule has 2 aromatic carbocycles. The van der Waals surface area contributed by atoms with E-state index in [9.17, 15) is 14.4 Å². The van der Waals surface area contributed by atoms with E-state index in [0.717, 1.165) is 89.7 Å². The molecular formula is C29H34N2O5. The highest BCUT2D eigenvalue weighted by molar-refractivity contribution is 6.23. The summed E-state index contributed by atoms with van der Waals surface area (Å²) >= 11 is 0. The summed E-state index contributed by atoms with van der Waals surface area (Å²) in [6.07, 6.45) is 2.50. The van der Waals surface area contributed by atoms with Crippen LogP contribution in [0.2, 0.25) is 0 Å². The number of nitrogens with zero attached hydrogens (tertiary/aromatic N) is 2. The summed E-state index contributed by atoms with van der Waals surface area (Å²) < 4.78 is 10.7. The minimum atomic E-state index is -0.106. The number of rotatable bonds is 10. The summed E-state index contributed by atoms with van der Waals surface area (Å²) in [4.78, 5) is 43.5. The van der Waals surface area contributed by atoms with E-state index in [4.69, 9.17) is 9.47 Å². The smallest absolute Gasteiger partial charge is 0.194 e. The second kappa shape index (κ2) is 11.6. The first kappa shape index (κ1) is 25.0. The van der Waals surface area contributed by atoms with Crippen LogP contribution in [0, 0.1) is 0 Å². The van der Waals surface area contributed by atoms with Crippen LogP contribution in [0.25, 0.3) is 11.1 Å². The van der Waals surface area contributed by atoms with E-state index in [1.54, 1.807) is 12.1 Å². The molecule has 7 heteroatoms. The number of benzene rings is 2. The lowest BCUT2D eigenvalue weighted by atomic mass is 9.98. The fourth-order valence-electron chi connectivity index (χ4n) is 5.29. The highest BCUT2D eigenvalue weighted by Crippen LogP contribution is 2.38. The molecule has 0 aromatic heterocycles. The van der Waals surface area contributed by atoms with Crippen molar-refractivity contribution < 1.29 is 23.9 Å². The second-order valence-electron chi connectivity index (χ2n) is 9.81. The third kappa shape index (κ3) is 5.65. The summed E-state index contributed by atoms with van der Waals surface area (Å²) in [6, 6.07) is 10.9. The van der Waals surface area contributed by atoms with Crippen molar-refractivity contribution in [2.45, 2.75) is 25.7 Å². The van der Waals surface area contributed by atoms with Gasteiger partial charge in [0.2, 0.25) is 0 Å². The second-order valence-corrected chi connectivity index (χ2v) is 9.81. The molecule has 0 atom stereocenters. The van der Waals surface area contributed by atoms with E-state index in [1.165, 1.54) is 0 Å². The Morgan fingerprint density at radius 2 is 1.06 bits per heavy atom. The predicted molar refractivity (Wildman–Crippen MR) is 137 cm³/mol. The van der Waals surface area contributed by atoms with Gasteiger partial charge in [0.25, 0.3) is 0 Å². The Hall–Kier alpha value is -2.71. The van der Waals surface area contributed by atoms with Crippen molar-refractivity contribution in [1.29, 1.82) is 0 Å². The molecule has 2 saturated heterocycles.